The van der Waals surface area contributed by atoms with Crippen LogP contribution in [-0.4, -0.2) is 56.1 Å². The van der Waals surface area contributed by atoms with Gasteiger partial charge in [-0.15, -0.1) is 0 Å². The normalized spacial score (nSPS) is 22.0. The summed E-state index contributed by atoms with van der Waals surface area (Å²) < 4.78 is 15.7. The van der Waals surface area contributed by atoms with Crippen LogP contribution in [0.1, 0.15) is 20.8 Å². The number of rotatable bonds is 2. The summed E-state index contributed by atoms with van der Waals surface area (Å²) in [6.07, 6.45) is -0.294. The van der Waals surface area contributed by atoms with Crippen molar-refractivity contribution in [2.75, 3.05) is 33.5 Å². The first kappa shape index (κ1) is 13.3. The monoisotopic (exact) mass is 231 g/mol. The molecular formula is C11H21NO4. The topological polar surface area (TPSA) is 48.0 Å². The van der Waals surface area contributed by atoms with Crippen LogP contribution in [0.25, 0.3) is 0 Å². The number of ether oxygens (including phenoxy) is 3. The lowest BCUT2D eigenvalue weighted by atomic mass is 10.2. The van der Waals surface area contributed by atoms with Crippen molar-refractivity contribution in [3.63, 3.8) is 0 Å². The lowest BCUT2D eigenvalue weighted by Crippen LogP contribution is -2.52. The van der Waals surface area contributed by atoms with Crippen LogP contribution in [0, 0.1) is 0 Å². The number of hydrogen-bond acceptors (Lipinski definition) is 4. The summed E-state index contributed by atoms with van der Waals surface area (Å²) >= 11 is 0. The summed E-state index contributed by atoms with van der Waals surface area (Å²) in [5, 5.41) is 0. The first-order chi connectivity index (χ1) is 7.44. The van der Waals surface area contributed by atoms with Crippen molar-refractivity contribution in [1.82, 2.24) is 4.90 Å². The molecule has 1 saturated heterocycles. The number of amides is 1. The van der Waals surface area contributed by atoms with Crippen LogP contribution < -0.4 is 0 Å². The van der Waals surface area contributed by atoms with E-state index in [-0.39, 0.29) is 12.1 Å². The van der Waals surface area contributed by atoms with Gasteiger partial charge in [-0.25, -0.2) is 4.79 Å². The largest absolute Gasteiger partial charge is 0.444 e. The molecule has 0 aliphatic carbocycles. The van der Waals surface area contributed by atoms with E-state index in [9.17, 15) is 4.79 Å². The molecule has 0 saturated carbocycles. The fourth-order valence-electron chi connectivity index (χ4n) is 1.55. The predicted molar refractivity (Wildman–Crippen MR) is 59.4 cm³/mol. The molecule has 0 aromatic heterocycles. The maximum absolute atomic E-state index is 11.9. The summed E-state index contributed by atoms with van der Waals surface area (Å²) in [5.74, 6) is 0. The molecular weight excluding hydrogens is 210 g/mol. The summed E-state index contributed by atoms with van der Waals surface area (Å²) in [6, 6.07) is -0.0476. The third-order valence-electron chi connectivity index (χ3n) is 2.21. The van der Waals surface area contributed by atoms with Gasteiger partial charge < -0.3 is 14.2 Å². The Balaban J connectivity index is 2.57. The fourth-order valence-corrected chi connectivity index (χ4v) is 1.55. The summed E-state index contributed by atoms with van der Waals surface area (Å²) in [4.78, 5) is 13.6. The highest BCUT2D eigenvalue weighted by atomic mass is 16.6. The van der Waals surface area contributed by atoms with Gasteiger partial charge in [-0.3, -0.25) is 4.90 Å². The van der Waals surface area contributed by atoms with Crippen LogP contribution in [0.4, 0.5) is 4.79 Å². The molecule has 5 nitrogen and oxygen atoms in total. The average Bonchev–Trinajstić information content (AvgIpc) is 2.16. The van der Waals surface area contributed by atoms with Crippen molar-refractivity contribution in [1.29, 1.82) is 0 Å². The minimum atomic E-state index is -0.465. The van der Waals surface area contributed by atoms with Gasteiger partial charge in [0.2, 0.25) is 0 Å². The Kier molecular flexibility index (Phi) is 4.56. The van der Waals surface area contributed by atoms with Crippen LogP contribution in [0.2, 0.25) is 0 Å². The molecule has 0 bridgehead atoms. The van der Waals surface area contributed by atoms with Gasteiger partial charge in [0.1, 0.15) is 5.60 Å². The van der Waals surface area contributed by atoms with Gasteiger partial charge in [-0.05, 0) is 20.8 Å². The second-order valence-electron chi connectivity index (χ2n) is 4.86. The van der Waals surface area contributed by atoms with Gasteiger partial charge in [0, 0.05) is 13.7 Å². The lowest BCUT2D eigenvalue weighted by Gasteiger charge is -2.36. The van der Waals surface area contributed by atoms with E-state index in [1.165, 1.54) is 0 Å². The molecule has 0 unspecified atom stereocenters. The zero-order valence-electron chi connectivity index (χ0n) is 10.5. The molecule has 1 atom stereocenters. The van der Waals surface area contributed by atoms with Crippen molar-refractivity contribution >= 4 is 6.09 Å². The maximum Gasteiger partial charge on any atom is 0.410 e. The highest BCUT2D eigenvalue weighted by Crippen LogP contribution is 2.14. The van der Waals surface area contributed by atoms with E-state index in [4.69, 9.17) is 14.2 Å². The molecule has 0 spiro atoms. The van der Waals surface area contributed by atoms with Crippen LogP contribution >= 0.6 is 0 Å². The van der Waals surface area contributed by atoms with E-state index in [0.29, 0.717) is 26.4 Å². The zero-order chi connectivity index (χ0) is 12.2. The van der Waals surface area contributed by atoms with Gasteiger partial charge >= 0.3 is 6.09 Å². The van der Waals surface area contributed by atoms with Crippen molar-refractivity contribution < 1.29 is 19.0 Å². The Labute approximate surface area is 96.6 Å². The van der Waals surface area contributed by atoms with E-state index in [1.54, 1.807) is 12.0 Å². The van der Waals surface area contributed by atoms with Gasteiger partial charge in [-0.2, -0.15) is 0 Å². The number of carbonyl (C=O) groups is 1. The first-order valence-electron chi connectivity index (χ1n) is 5.50. The second kappa shape index (κ2) is 5.50. The number of methoxy groups -OCH3 is 1. The lowest BCUT2D eigenvalue weighted by molar-refractivity contribution is -0.0491. The van der Waals surface area contributed by atoms with Gasteiger partial charge in [0.15, 0.2) is 0 Å². The molecule has 1 aliphatic heterocycles. The van der Waals surface area contributed by atoms with Crippen LogP contribution in [-0.2, 0) is 14.2 Å². The summed E-state index contributed by atoms with van der Waals surface area (Å²) in [6.45, 7) is 7.67. The van der Waals surface area contributed by atoms with E-state index in [0.717, 1.165) is 0 Å². The quantitative estimate of drug-likeness (QED) is 0.718. The SMILES string of the molecule is COC[C@@H]1COCCN1C(=O)OC(C)(C)C. The second-order valence-corrected chi connectivity index (χ2v) is 4.86. The van der Waals surface area contributed by atoms with Crippen molar-refractivity contribution in [3.05, 3.63) is 0 Å². The highest BCUT2D eigenvalue weighted by molar-refractivity contribution is 5.68. The van der Waals surface area contributed by atoms with Crippen LogP contribution in [0.3, 0.4) is 0 Å². The number of nitrogens with zero attached hydrogens (tertiary/aromatic N) is 1. The van der Waals surface area contributed by atoms with Gasteiger partial charge in [0.05, 0.1) is 25.9 Å². The Morgan fingerprint density at radius 3 is 2.75 bits per heavy atom. The van der Waals surface area contributed by atoms with Crippen molar-refractivity contribution in [2.24, 2.45) is 0 Å². The number of hydrogen-bond donors (Lipinski definition) is 0. The van der Waals surface area contributed by atoms with E-state index in [1.807, 2.05) is 20.8 Å². The number of morpholine rings is 1. The minimum Gasteiger partial charge on any atom is -0.444 e. The summed E-state index contributed by atoms with van der Waals surface area (Å²) in [7, 11) is 1.61. The third-order valence-corrected chi connectivity index (χ3v) is 2.21. The molecule has 1 amide bonds. The Morgan fingerprint density at radius 2 is 2.19 bits per heavy atom. The molecule has 1 fully saturated rings. The summed E-state index contributed by atoms with van der Waals surface area (Å²) in [5.41, 5.74) is -0.465. The molecule has 1 rings (SSSR count). The molecule has 5 heteroatoms. The standard InChI is InChI=1S/C11H21NO4/c1-11(2,3)16-10(13)12-5-6-15-8-9(12)7-14-4/h9H,5-8H2,1-4H3/t9-/m1/s1. The zero-order valence-corrected chi connectivity index (χ0v) is 10.5. The first-order valence-corrected chi connectivity index (χ1v) is 5.50. The van der Waals surface area contributed by atoms with Crippen LogP contribution in [0.15, 0.2) is 0 Å². The van der Waals surface area contributed by atoms with Crippen molar-refractivity contribution in [2.45, 2.75) is 32.4 Å². The molecule has 16 heavy (non-hydrogen) atoms. The molecule has 0 aromatic rings. The molecule has 0 radical (unpaired) electrons. The molecule has 1 aliphatic rings. The molecule has 0 N–H and O–H groups in total. The Bertz CT molecular complexity index is 235. The van der Waals surface area contributed by atoms with E-state index in [2.05, 4.69) is 0 Å². The smallest absolute Gasteiger partial charge is 0.410 e. The Morgan fingerprint density at radius 1 is 1.50 bits per heavy atom. The predicted octanol–water partition coefficient (Wildman–Crippen LogP) is 1.27. The Hall–Kier alpha value is -0.810. The fraction of sp³-hybridized carbons (Fsp3) is 0.909. The molecule has 1 heterocycles. The minimum absolute atomic E-state index is 0.0476. The average molecular weight is 231 g/mol. The van der Waals surface area contributed by atoms with Crippen LogP contribution in [0.5, 0.6) is 0 Å². The molecule has 94 valence electrons. The van der Waals surface area contributed by atoms with Gasteiger partial charge in [-0.1, -0.05) is 0 Å². The highest BCUT2D eigenvalue weighted by Gasteiger charge is 2.30. The molecule has 0 aromatic carbocycles. The van der Waals surface area contributed by atoms with E-state index < -0.39 is 5.60 Å². The van der Waals surface area contributed by atoms with E-state index >= 15 is 0 Å². The van der Waals surface area contributed by atoms with Gasteiger partial charge in [0.25, 0.3) is 0 Å². The van der Waals surface area contributed by atoms with Crippen molar-refractivity contribution in [3.8, 4) is 0 Å². The maximum atomic E-state index is 11.9. The third kappa shape index (κ3) is 3.98. The number of carbonyl (C=O) groups excluding carboxylic acids is 1.